The third kappa shape index (κ3) is 4.09. The molecule has 0 aromatic carbocycles. The van der Waals surface area contributed by atoms with Gasteiger partial charge in [-0.3, -0.25) is 0 Å². The number of nitrogens with zero attached hydrogens (tertiary/aromatic N) is 2. The molecule has 0 saturated heterocycles. The van der Waals surface area contributed by atoms with Crippen LogP contribution in [-0.2, 0) is 9.47 Å². The van der Waals surface area contributed by atoms with Gasteiger partial charge in [-0.25, -0.2) is 9.59 Å². The molecule has 2 saturated carbocycles. The van der Waals surface area contributed by atoms with E-state index < -0.39 is 12.2 Å². The van der Waals surface area contributed by atoms with E-state index in [0.29, 0.717) is 0 Å². The van der Waals surface area contributed by atoms with Crippen molar-refractivity contribution in [2.45, 2.75) is 63.6 Å². The molecule has 0 radical (unpaired) electrons. The molecule has 100 valence electrons. The highest BCUT2D eigenvalue weighted by atomic mass is 16.6. The second kappa shape index (κ2) is 6.47. The summed E-state index contributed by atoms with van der Waals surface area (Å²) in [5.41, 5.74) is 0. The van der Waals surface area contributed by atoms with Crippen LogP contribution < -0.4 is 0 Å². The Morgan fingerprint density at radius 2 is 1.06 bits per heavy atom. The smallest absolute Gasteiger partial charge is 0.444 e. The number of rotatable bonds is 2. The Morgan fingerprint density at radius 3 is 1.39 bits per heavy atom. The van der Waals surface area contributed by atoms with Gasteiger partial charge in [0.2, 0.25) is 0 Å². The lowest BCUT2D eigenvalue weighted by Gasteiger charge is -2.08. The molecule has 0 bridgehead atoms. The van der Waals surface area contributed by atoms with Crippen molar-refractivity contribution >= 4 is 12.2 Å². The third-order valence-electron chi connectivity index (χ3n) is 3.35. The lowest BCUT2D eigenvalue weighted by Crippen LogP contribution is -2.13. The van der Waals surface area contributed by atoms with Crippen LogP contribution in [0.15, 0.2) is 10.2 Å². The number of carbonyl (C=O) groups is 2. The van der Waals surface area contributed by atoms with Crippen molar-refractivity contribution in [1.82, 2.24) is 0 Å². The summed E-state index contributed by atoms with van der Waals surface area (Å²) in [5.74, 6) is 0. The van der Waals surface area contributed by atoms with Crippen molar-refractivity contribution in [3.05, 3.63) is 0 Å². The lowest BCUT2D eigenvalue weighted by molar-refractivity contribution is 0.100. The molecule has 2 aliphatic carbocycles. The SMILES string of the molecule is O=C(/N=N/C(=O)OC1CCCC1)OC1CCCC1. The maximum Gasteiger partial charge on any atom is 0.452 e. The molecule has 0 aliphatic heterocycles. The van der Waals surface area contributed by atoms with Gasteiger partial charge in [-0.1, -0.05) is 10.2 Å². The fourth-order valence-electron chi connectivity index (χ4n) is 2.43. The summed E-state index contributed by atoms with van der Waals surface area (Å²) in [6.45, 7) is 0. The molecule has 6 nitrogen and oxygen atoms in total. The highest BCUT2D eigenvalue weighted by Gasteiger charge is 2.21. The van der Waals surface area contributed by atoms with E-state index in [9.17, 15) is 9.59 Å². The monoisotopic (exact) mass is 254 g/mol. The van der Waals surface area contributed by atoms with Crippen LogP contribution >= 0.6 is 0 Å². The number of ether oxygens (including phenoxy) is 2. The van der Waals surface area contributed by atoms with Crippen molar-refractivity contribution in [3.8, 4) is 0 Å². The van der Waals surface area contributed by atoms with Crippen LogP contribution in [-0.4, -0.2) is 24.4 Å². The largest absolute Gasteiger partial charge is 0.452 e. The van der Waals surface area contributed by atoms with Gasteiger partial charge >= 0.3 is 12.2 Å². The first-order valence-corrected chi connectivity index (χ1v) is 6.57. The summed E-state index contributed by atoms with van der Waals surface area (Å²) in [7, 11) is 0. The average molecular weight is 254 g/mol. The zero-order chi connectivity index (χ0) is 12.8. The summed E-state index contributed by atoms with van der Waals surface area (Å²) in [6, 6.07) is 0. The molecule has 0 unspecified atom stereocenters. The van der Waals surface area contributed by atoms with Gasteiger partial charge in [-0.2, -0.15) is 0 Å². The standard InChI is InChI=1S/C12H18N2O4/c15-11(17-9-5-1-2-6-9)13-14-12(16)18-10-7-3-4-8-10/h9-10H,1-8H2/b14-13+. The van der Waals surface area contributed by atoms with E-state index in [1.165, 1.54) is 0 Å². The highest BCUT2D eigenvalue weighted by Crippen LogP contribution is 2.22. The van der Waals surface area contributed by atoms with Gasteiger partial charge in [0.05, 0.1) is 0 Å². The Bertz CT molecular complexity index is 299. The van der Waals surface area contributed by atoms with Gasteiger partial charge < -0.3 is 9.47 Å². The molecule has 2 fully saturated rings. The minimum atomic E-state index is -0.801. The van der Waals surface area contributed by atoms with E-state index in [1.807, 2.05) is 0 Å². The predicted octanol–water partition coefficient (Wildman–Crippen LogP) is 3.60. The van der Waals surface area contributed by atoms with Gasteiger partial charge in [-0.05, 0) is 51.4 Å². The van der Waals surface area contributed by atoms with Crippen LogP contribution in [0.1, 0.15) is 51.4 Å². The van der Waals surface area contributed by atoms with Crippen LogP contribution in [0, 0.1) is 0 Å². The predicted molar refractivity (Wildman–Crippen MR) is 62.3 cm³/mol. The third-order valence-corrected chi connectivity index (χ3v) is 3.35. The van der Waals surface area contributed by atoms with Crippen molar-refractivity contribution in [1.29, 1.82) is 0 Å². The number of amides is 2. The summed E-state index contributed by atoms with van der Waals surface area (Å²) < 4.78 is 10.0. The van der Waals surface area contributed by atoms with E-state index in [-0.39, 0.29) is 12.2 Å². The van der Waals surface area contributed by atoms with Crippen molar-refractivity contribution in [3.63, 3.8) is 0 Å². The minimum absolute atomic E-state index is 0.0673. The van der Waals surface area contributed by atoms with Crippen molar-refractivity contribution in [2.24, 2.45) is 10.2 Å². The molecule has 0 aromatic heterocycles. The van der Waals surface area contributed by atoms with Crippen LogP contribution in [0.25, 0.3) is 0 Å². The van der Waals surface area contributed by atoms with Crippen LogP contribution in [0.4, 0.5) is 9.59 Å². The lowest BCUT2D eigenvalue weighted by atomic mass is 10.3. The fraction of sp³-hybridized carbons (Fsp3) is 0.833. The van der Waals surface area contributed by atoms with Gasteiger partial charge in [0.25, 0.3) is 0 Å². The van der Waals surface area contributed by atoms with E-state index in [1.54, 1.807) is 0 Å². The minimum Gasteiger partial charge on any atom is -0.444 e. The first-order valence-electron chi connectivity index (χ1n) is 6.57. The quantitative estimate of drug-likeness (QED) is 0.705. The Balaban J connectivity index is 1.68. The maximum absolute atomic E-state index is 11.3. The first-order chi connectivity index (χ1) is 8.74. The molecule has 6 heteroatoms. The molecule has 0 N–H and O–H groups in total. The van der Waals surface area contributed by atoms with E-state index >= 15 is 0 Å². The zero-order valence-corrected chi connectivity index (χ0v) is 10.3. The zero-order valence-electron chi connectivity index (χ0n) is 10.3. The van der Waals surface area contributed by atoms with Crippen LogP contribution in [0.3, 0.4) is 0 Å². The molecule has 0 aromatic rings. The van der Waals surface area contributed by atoms with Crippen LogP contribution in [0.5, 0.6) is 0 Å². The number of azo groups is 1. The van der Waals surface area contributed by atoms with E-state index in [2.05, 4.69) is 10.2 Å². The molecular formula is C12H18N2O4. The Labute approximate surface area is 106 Å². The van der Waals surface area contributed by atoms with Crippen molar-refractivity contribution in [2.75, 3.05) is 0 Å². The summed E-state index contributed by atoms with van der Waals surface area (Å²) >= 11 is 0. The van der Waals surface area contributed by atoms with E-state index in [4.69, 9.17) is 9.47 Å². The van der Waals surface area contributed by atoms with Gasteiger partial charge in [0.1, 0.15) is 12.2 Å². The molecule has 2 aliphatic rings. The normalized spacial score (nSPS) is 21.6. The Morgan fingerprint density at radius 1 is 0.722 bits per heavy atom. The van der Waals surface area contributed by atoms with Gasteiger partial charge in [-0.15, -0.1) is 0 Å². The first kappa shape index (κ1) is 13.0. The molecule has 2 amide bonds. The van der Waals surface area contributed by atoms with E-state index in [0.717, 1.165) is 51.4 Å². The molecule has 0 heterocycles. The fourth-order valence-corrected chi connectivity index (χ4v) is 2.43. The Kier molecular flexibility index (Phi) is 4.66. The van der Waals surface area contributed by atoms with Crippen molar-refractivity contribution < 1.29 is 19.1 Å². The Hall–Kier alpha value is -1.46. The number of hydrogen-bond acceptors (Lipinski definition) is 4. The summed E-state index contributed by atoms with van der Waals surface area (Å²) in [5, 5.41) is 6.44. The molecular weight excluding hydrogens is 236 g/mol. The summed E-state index contributed by atoms with van der Waals surface area (Å²) in [4.78, 5) is 22.5. The van der Waals surface area contributed by atoms with Crippen LogP contribution in [0.2, 0.25) is 0 Å². The second-order valence-corrected chi connectivity index (χ2v) is 4.78. The van der Waals surface area contributed by atoms with Gasteiger partial charge in [0, 0.05) is 0 Å². The van der Waals surface area contributed by atoms with Gasteiger partial charge in [0.15, 0.2) is 0 Å². The maximum atomic E-state index is 11.3. The molecule has 18 heavy (non-hydrogen) atoms. The topological polar surface area (TPSA) is 77.3 Å². The second-order valence-electron chi connectivity index (χ2n) is 4.78. The molecule has 0 spiro atoms. The summed E-state index contributed by atoms with van der Waals surface area (Å²) in [6.07, 6.45) is 6.01. The molecule has 2 rings (SSSR count). The average Bonchev–Trinajstić information content (AvgIpc) is 2.99. The number of hydrogen-bond donors (Lipinski definition) is 0. The molecule has 0 atom stereocenters. The number of carbonyl (C=O) groups excluding carboxylic acids is 2. The highest BCUT2D eigenvalue weighted by molar-refractivity contribution is 5.73.